The monoisotopic (exact) mass is 282 g/mol. The standard InChI is InChI=1S/C13H19BrN2/c1-2-16(11-13(10-14)5-6-13)9-12-3-7-15-8-4-12/h3-4,7-8H,2,5-6,9-11H2,1H3. The Balaban J connectivity index is 1.91. The maximum absolute atomic E-state index is 4.06. The number of pyridine rings is 1. The van der Waals surface area contributed by atoms with Gasteiger partial charge in [-0.3, -0.25) is 9.88 Å². The van der Waals surface area contributed by atoms with Crippen LogP contribution in [0.25, 0.3) is 0 Å². The number of alkyl halides is 1. The normalized spacial score (nSPS) is 17.7. The van der Waals surface area contributed by atoms with Gasteiger partial charge in [0, 0.05) is 30.8 Å². The summed E-state index contributed by atoms with van der Waals surface area (Å²) in [5.41, 5.74) is 1.94. The molecule has 0 bridgehead atoms. The van der Waals surface area contributed by atoms with Gasteiger partial charge >= 0.3 is 0 Å². The molecule has 1 fully saturated rings. The maximum atomic E-state index is 4.06. The summed E-state index contributed by atoms with van der Waals surface area (Å²) in [5.74, 6) is 0. The first-order chi connectivity index (χ1) is 7.78. The number of aromatic nitrogens is 1. The van der Waals surface area contributed by atoms with Gasteiger partial charge in [-0.1, -0.05) is 22.9 Å². The summed E-state index contributed by atoms with van der Waals surface area (Å²) in [6.45, 7) is 5.63. The molecule has 1 aromatic rings. The second-order valence-electron chi connectivity index (χ2n) is 4.79. The molecular weight excluding hydrogens is 264 g/mol. The Kier molecular flexibility index (Phi) is 3.98. The molecule has 88 valence electrons. The molecule has 1 saturated carbocycles. The molecule has 0 saturated heterocycles. The molecule has 3 heteroatoms. The largest absolute Gasteiger partial charge is 0.299 e. The minimum atomic E-state index is 0.572. The van der Waals surface area contributed by atoms with Crippen molar-refractivity contribution in [2.45, 2.75) is 26.3 Å². The Bertz CT molecular complexity index is 322. The second-order valence-corrected chi connectivity index (χ2v) is 5.35. The molecule has 1 aliphatic rings. The van der Waals surface area contributed by atoms with Crippen molar-refractivity contribution in [2.24, 2.45) is 5.41 Å². The molecule has 1 aromatic heterocycles. The SMILES string of the molecule is CCN(Cc1ccncc1)CC1(CBr)CC1. The van der Waals surface area contributed by atoms with E-state index in [1.54, 1.807) is 0 Å². The smallest absolute Gasteiger partial charge is 0.0271 e. The van der Waals surface area contributed by atoms with E-state index in [-0.39, 0.29) is 0 Å². The average Bonchev–Trinajstić information content (AvgIpc) is 3.10. The first-order valence-electron chi connectivity index (χ1n) is 5.95. The molecule has 0 spiro atoms. The van der Waals surface area contributed by atoms with Crippen molar-refractivity contribution in [3.05, 3.63) is 30.1 Å². The van der Waals surface area contributed by atoms with Crippen molar-refractivity contribution in [3.8, 4) is 0 Å². The van der Waals surface area contributed by atoms with E-state index in [4.69, 9.17) is 0 Å². The lowest BCUT2D eigenvalue weighted by molar-refractivity contribution is 0.234. The molecule has 1 aliphatic carbocycles. The summed E-state index contributed by atoms with van der Waals surface area (Å²) in [7, 11) is 0. The number of hydrogen-bond donors (Lipinski definition) is 0. The van der Waals surface area contributed by atoms with Crippen LogP contribution in [0.1, 0.15) is 25.3 Å². The van der Waals surface area contributed by atoms with Crippen molar-refractivity contribution >= 4 is 15.9 Å². The second kappa shape index (κ2) is 5.28. The first kappa shape index (κ1) is 12.1. The van der Waals surface area contributed by atoms with Gasteiger partial charge in [-0.25, -0.2) is 0 Å². The highest BCUT2D eigenvalue weighted by Gasteiger charge is 2.42. The molecule has 2 nitrogen and oxygen atoms in total. The summed E-state index contributed by atoms with van der Waals surface area (Å²) < 4.78 is 0. The van der Waals surface area contributed by atoms with Crippen molar-refractivity contribution in [3.63, 3.8) is 0 Å². The summed E-state index contributed by atoms with van der Waals surface area (Å²) in [6.07, 6.45) is 6.51. The van der Waals surface area contributed by atoms with E-state index >= 15 is 0 Å². The van der Waals surface area contributed by atoms with Gasteiger partial charge in [-0.15, -0.1) is 0 Å². The third-order valence-corrected chi connectivity index (χ3v) is 4.59. The lowest BCUT2D eigenvalue weighted by atomic mass is 10.1. The molecule has 0 amide bonds. The van der Waals surface area contributed by atoms with Crippen LogP contribution in [0.3, 0.4) is 0 Å². The Labute approximate surface area is 106 Å². The fourth-order valence-electron chi connectivity index (χ4n) is 2.01. The minimum Gasteiger partial charge on any atom is -0.299 e. The number of rotatable bonds is 6. The van der Waals surface area contributed by atoms with E-state index in [0.29, 0.717) is 5.41 Å². The van der Waals surface area contributed by atoms with Gasteiger partial charge in [0.1, 0.15) is 0 Å². The van der Waals surface area contributed by atoms with E-state index in [1.807, 2.05) is 12.4 Å². The molecule has 1 heterocycles. The zero-order chi connectivity index (χ0) is 11.4. The Hall–Kier alpha value is -0.410. The van der Waals surface area contributed by atoms with Crippen LogP contribution >= 0.6 is 15.9 Å². The first-order valence-corrected chi connectivity index (χ1v) is 7.07. The van der Waals surface area contributed by atoms with Gasteiger partial charge in [0.15, 0.2) is 0 Å². The molecule has 0 unspecified atom stereocenters. The van der Waals surface area contributed by atoms with E-state index in [0.717, 1.165) is 18.4 Å². The number of halogens is 1. The van der Waals surface area contributed by atoms with Gasteiger partial charge in [-0.05, 0) is 42.5 Å². The highest BCUT2D eigenvalue weighted by molar-refractivity contribution is 9.09. The molecule has 0 radical (unpaired) electrons. The Morgan fingerprint density at radius 3 is 2.56 bits per heavy atom. The van der Waals surface area contributed by atoms with Crippen LogP contribution < -0.4 is 0 Å². The molecule has 0 N–H and O–H groups in total. The van der Waals surface area contributed by atoms with Crippen LogP contribution in [0.2, 0.25) is 0 Å². The van der Waals surface area contributed by atoms with Crippen LogP contribution in [-0.2, 0) is 6.54 Å². The summed E-state index contributed by atoms with van der Waals surface area (Å²) >= 11 is 3.64. The van der Waals surface area contributed by atoms with Gasteiger partial charge in [-0.2, -0.15) is 0 Å². The van der Waals surface area contributed by atoms with E-state index in [2.05, 4.69) is 44.9 Å². The maximum Gasteiger partial charge on any atom is 0.0271 e. The van der Waals surface area contributed by atoms with Gasteiger partial charge in [0.05, 0.1) is 0 Å². The molecule has 0 atom stereocenters. The van der Waals surface area contributed by atoms with Gasteiger partial charge in [0.2, 0.25) is 0 Å². The van der Waals surface area contributed by atoms with Crippen LogP contribution in [0, 0.1) is 5.41 Å². The topological polar surface area (TPSA) is 16.1 Å². The third kappa shape index (κ3) is 3.05. The van der Waals surface area contributed by atoms with Gasteiger partial charge < -0.3 is 0 Å². The minimum absolute atomic E-state index is 0.572. The van der Waals surface area contributed by atoms with Crippen LogP contribution in [0.5, 0.6) is 0 Å². The molecule has 2 rings (SSSR count). The van der Waals surface area contributed by atoms with Crippen LogP contribution in [-0.4, -0.2) is 28.3 Å². The van der Waals surface area contributed by atoms with Crippen molar-refractivity contribution in [1.82, 2.24) is 9.88 Å². The van der Waals surface area contributed by atoms with E-state index in [1.165, 1.54) is 24.9 Å². The lowest BCUT2D eigenvalue weighted by Gasteiger charge is -2.25. The summed E-state index contributed by atoms with van der Waals surface area (Å²) in [4.78, 5) is 6.59. The Morgan fingerprint density at radius 2 is 2.06 bits per heavy atom. The van der Waals surface area contributed by atoms with Crippen molar-refractivity contribution < 1.29 is 0 Å². The highest BCUT2D eigenvalue weighted by Crippen LogP contribution is 2.47. The van der Waals surface area contributed by atoms with Crippen molar-refractivity contribution in [2.75, 3.05) is 18.4 Å². The Morgan fingerprint density at radius 1 is 1.38 bits per heavy atom. The lowest BCUT2D eigenvalue weighted by Crippen LogP contribution is -2.30. The zero-order valence-electron chi connectivity index (χ0n) is 9.82. The highest BCUT2D eigenvalue weighted by atomic mass is 79.9. The molecule has 0 aliphatic heterocycles. The number of hydrogen-bond acceptors (Lipinski definition) is 2. The summed E-state index contributed by atoms with van der Waals surface area (Å²) in [5, 5.41) is 1.15. The molecule has 0 aromatic carbocycles. The van der Waals surface area contributed by atoms with Gasteiger partial charge in [0.25, 0.3) is 0 Å². The van der Waals surface area contributed by atoms with E-state index < -0.39 is 0 Å². The predicted molar refractivity (Wildman–Crippen MR) is 70.6 cm³/mol. The fourth-order valence-corrected chi connectivity index (χ4v) is 2.75. The molecule has 16 heavy (non-hydrogen) atoms. The summed E-state index contributed by atoms with van der Waals surface area (Å²) in [6, 6.07) is 4.22. The molecular formula is C13H19BrN2. The quantitative estimate of drug-likeness (QED) is 0.746. The van der Waals surface area contributed by atoms with Crippen LogP contribution in [0.4, 0.5) is 0 Å². The van der Waals surface area contributed by atoms with Crippen molar-refractivity contribution in [1.29, 1.82) is 0 Å². The predicted octanol–water partition coefficient (Wildman–Crippen LogP) is 3.08. The zero-order valence-corrected chi connectivity index (χ0v) is 11.4. The average molecular weight is 283 g/mol. The number of nitrogens with zero attached hydrogens (tertiary/aromatic N) is 2. The van der Waals surface area contributed by atoms with E-state index in [9.17, 15) is 0 Å². The fraction of sp³-hybridized carbons (Fsp3) is 0.615. The third-order valence-electron chi connectivity index (χ3n) is 3.40. The van der Waals surface area contributed by atoms with Crippen LogP contribution in [0.15, 0.2) is 24.5 Å².